The van der Waals surface area contributed by atoms with E-state index in [9.17, 15) is 15.0 Å². The average Bonchev–Trinajstić information content (AvgIpc) is 2.90. The van der Waals surface area contributed by atoms with Crippen LogP contribution in [-0.4, -0.2) is 48.9 Å². The van der Waals surface area contributed by atoms with Crippen LogP contribution in [0.15, 0.2) is 75.9 Å². The summed E-state index contributed by atoms with van der Waals surface area (Å²) in [5.41, 5.74) is 2.65. The smallest absolute Gasteiger partial charge is 0.201 e. The Morgan fingerprint density at radius 2 is 1.72 bits per heavy atom. The van der Waals surface area contributed by atoms with Gasteiger partial charge >= 0.3 is 0 Å². The fourth-order valence-corrected chi connectivity index (χ4v) is 4.30. The molecule has 4 aromatic rings. The molecule has 1 aromatic heterocycles. The van der Waals surface area contributed by atoms with E-state index in [-0.39, 0.29) is 22.1 Å². The molecule has 188 valence electrons. The topological polar surface area (TPSA) is 86.4 Å². The Balaban J connectivity index is 1.39. The first-order valence-corrected chi connectivity index (χ1v) is 12.1. The predicted octanol–water partition coefficient (Wildman–Crippen LogP) is 5.23. The van der Waals surface area contributed by atoms with Crippen molar-refractivity contribution in [1.82, 2.24) is 4.90 Å². The Kier molecular flexibility index (Phi) is 7.80. The third-order valence-corrected chi connectivity index (χ3v) is 6.44. The molecular weight excluding hydrogens is 456 g/mol. The summed E-state index contributed by atoms with van der Waals surface area (Å²) in [4.78, 5) is 17.1. The van der Waals surface area contributed by atoms with Crippen molar-refractivity contribution in [2.45, 2.75) is 19.9 Å². The zero-order valence-electron chi connectivity index (χ0n) is 20.9. The van der Waals surface area contributed by atoms with E-state index in [0.29, 0.717) is 11.3 Å². The van der Waals surface area contributed by atoms with Crippen molar-refractivity contribution in [3.63, 3.8) is 0 Å². The van der Waals surface area contributed by atoms with Gasteiger partial charge in [-0.1, -0.05) is 25.1 Å². The van der Waals surface area contributed by atoms with Crippen molar-refractivity contribution in [2.75, 3.05) is 38.7 Å². The molecule has 0 aliphatic carbocycles. The standard InChI is InChI=1S/C29H32N2O5/c1-4-31(19-21-8-5-6-9-26(21)35-3)17-7-16-30(2)22-12-10-20(11-13-22)27-18-25(33)23-14-15-24(32)28(34)29(23)36-27/h5-6,8-15,18,32,34H,4,7,16-17,19H2,1-3H3. The van der Waals surface area contributed by atoms with Gasteiger partial charge in [-0.2, -0.15) is 0 Å². The molecule has 0 saturated carbocycles. The van der Waals surface area contributed by atoms with Crippen LogP contribution in [0, 0.1) is 0 Å². The molecule has 0 spiro atoms. The Labute approximate surface area is 210 Å². The minimum Gasteiger partial charge on any atom is -0.504 e. The summed E-state index contributed by atoms with van der Waals surface area (Å²) in [5.74, 6) is 0.485. The third-order valence-electron chi connectivity index (χ3n) is 6.44. The molecule has 4 rings (SSSR count). The van der Waals surface area contributed by atoms with Crippen molar-refractivity contribution in [1.29, 1.82) is 0 Å². The normalized spacial score (nSPS) is 11.2. The lowest BCUT2D eigenvalue weighted by atomic mass is 10.1. The number of hydrogen-bond acceptors (Lipinski definition) is 7. The number of para-hydroxylation sites is 1. The Morgan fingerprint density at radius 3 is 2.44 bits per heavy atom. The van der Waals surface area contributed by atoms with Crippen molar-refractivity contribution < 1.29 is 19.4 Å². The number of fused-ring (bicyclic) bond motifs is 1. The Hall–Kier alpha value is -3.97. The highest BCUT2D eigenvalue weighted by atomic mass is 16.5. The number of methoxy groups -OCH3 is 1. The highest BCUT2D eigenvalue weighted by Gasteiger charge is 2.14. The van der Waals surface area contributed by atoms with Crippen LogP contribution in [-0.2, 0) is 6.54 Å². The van der Waals surface area contributed by atoms with E-state index in [2.05, 4.69) is 29.8 Å². The molecule has 0 aliphatic heterocycles. The SMILES string of the molecule is CCN(CCCN(C)c1ccc(-c2cc(=O)c3ccc(O)c(O)c3o2)cc1)Cc1ccccc1OC. The van der Waals surface area contributed by atoms with Gasteiger partial charge in [0.25, 0.3) is 0 Å². The van der Waals surface area contributed by atoms with Gasteiger partial charge < -0.3 is 24.3 Å². The van der Waals surface area contributed by atoms with E-state index in [1.54, 1.807) is 7.11 Å². The predicted molar refractivity (Wildman–Crippen MR) is 143 cm³/mol. The first kappa shape index (κ1) is 25.1. The summed E-state index contributed by atoms with van der Waals surface area (Å²) in [6.07, 6.45) is 1.00. The summed E-state index contributed by atoms with van der Waals surface area (Å²) in [7, 11) is 3.76. The molecule has 7 heteroatoms. The quantitative estimate of drug-likeness (QED) is 0.296. The van der Waals surface area contributed by atoms with Gasteiger partial charge in [0, 0.05) is 49.6 Å². The molecule has 0 aliphatic rings. The van der Waals surface area contributed by atoms with E-state index >= 15 is 0 Å². The van der Waals surface area contributed by atoms with Crippen molar-refractivity contribution in [2.24, 2.45) is 0 Å². The molecular formula is C29H32N2O5. The third kappa shape index (κ3) is 5.47. The van der Waals surface area contributed by atoms with Gasteiger partial charge in [-0.15, -0.1) is 0 Å². The first-order chi connectivity index (χ1) is 17.4. The van der Waals surface area contributed by atoms with Crippen LogP contribution in [0.2, 0.25) is 0 Å². The lowest BCUT2D eigenvalue weighted by molar-refractivity contribution is 0.272. The number of aromatic hydroxyl groups is 2. The summed E-state index contributed by atoms with van der Waals surface area (Å²) in [6.45, 7) is 5.84. The van der Waals surface area contributed by atoms with Gasteiger partial charge in [-0.3, -0.25) is 9.69 Å². The molecule has 0 atom stereocenters. The molecule has 0 radical (unpaired) electrons. The number of benzene rings is 3. The number of ether oxygens (including phenoxy) is 1. The Bertz CT molecular complexity index is 1380. The van der Waals surface area contributed by atoms with Gasteiger partial charge in [-0.25, -0.2) is 0 Å². The molecule has 3 aromatic carbocycles. The summed E-state index contributed by atoms with van der Waals surface area (Å²) in [6, 6.07) is 20.0. The molecule has 0 unspecified atom stereocenters. The number of rotatable bonds is 10. The molecule has 1 heterocycles. The lowest BCUT2D eigenvalue weighted by Gasteiger charge is -2.24. The van der Waals surface area contributed by atoms with Crippen LogP contribution >= 0.6 is 0 Å². The van der Waals surface area contributed by atoms with Crippen molar-refractivity contribution in [3.05, 3.63) is 82.5 Å². The van der Waals surface area contributed by atoms with Crippen LogP contribution in [0.1, 0.15) is 18.9 Å². The maximum atomic E-state index is 12.5. The summed E-state index contributed by atoms with van der Waals surface area (Å²) in [5, 5.41) is 20.1. The van der Waals surface area contributed by atoms with Gasteiger partial charge in [0.2, 0.25) is 5.75 Å². The molecule has 36 heavy (non-hydrogen) atoms. The molecule has 0 bridgehead atoms. The second-order valence-electron chi connectivity index (χ2n) is 8.79. The largest absolute Gasteiger partial charge is 0.504 e. The van der Waals surface area contributed by atoms with E-state index in [0.717, 1.165) is 44.0 Å². The van der Waals surface area contributed by atoms with E-state index < -0.39 is 5.75 Å². The zero-order chi connectivity index (χ0) is 25.7. The van der Waals surface area contributed by atoms with Crippen LogP contribution < -0.4 is 15.1 Å². The molecule has 2 N–H and O–H groups in total. The number of hydrogen-bond donors (Lipinski definition) is 2. The second kappa shape index (κ2) is 11.2. The monoisotopic (exact) mass is 488 g/mol. The van der Waals surface area contributed by atoms with Gasteiger partial charge in [0.05, 0.1) is 12.5 Å². The van der Waals surface area contributed by atoms with Crippen LogP contribution in [0.4, 0.5) is 5.69 Å². The van der Waals surface area contributed by atoms with Crippen LogP contribution in [0.5, 0.6) is 17.2 Å². The van der Waals surface area contributed by atoms with E-state index in [1.165, 1.54) is 23.8 Å². The highest BCUT2D eigenvalue weighted by Crippen LogP contribution is 2.34. The molecule has 7 nitrogen and oxygen atoms in total. The minimum absolute atomic E-state index is 0.0210. The molecule has 0 amide bonds. The fourth-order valence-electron chi connectivity index (χ4n) is 4.30. The van der Waals surface area contributed by atoms with Gasteiger partial charge in [-0.05, 0) is 55.4 Å². The van der Waals surface area contributed by atoms with E-state index in [1.807, 2.05) is 42.5 Å². The number of nitrogens with zero attached hydrogens (tertiary/aromatic N) is 2. The minimum atomic E-state index is -0.436. The zero-order valence-corrected chi connectivity index (χ0v) is 20.9. The van der Waals surface area contributed by atoms with Crippen molar-refractivity contribution in [3.8, 4) is 28.6 Å². The van der Waals surface area contributed by atoms with Crippen molar-refractivity contribution >= 4 is 16.7 Å². The lowest BCUT2D eigenvalue weighted by Crippen LogP contribution is -2.28. The van der Waals surface area contributed by atoms with Crippen LogP contribution in [0.3, 0.4) is 0 Å². The first-order valence-electron chi connectivity index (χ1n) is 12.1. The number of anilines is 1. The summed E-state index contributed by atoms with van der Waals surface area (Å²) >= 11 is 0. The van der Waals surface area contributed by atoms with Gasteiger partial charge in [0.15, 0.2) is 16.8 Å². The number of phenolic OH excluding ortho intramolecular Hbond substituents is 2. The Morgan fingerprint density at radius 1 is 0.972 bits per heavy atom. The maximum absolute atomic E-state index is 12.5. The summed E-state index contributed by atoms with van der Waals surface area (Å²) < 4.78 is 11.3. The van der Waals surface area contributed by atoms with E-state index in [4.69, 9.17) is 9.15 Å². The van der Waals surface area contributed by atoms with Gasteiger partial charge in [0.1, 0.15) is 11.5 Å². The molecule has 0 fully saturated rings. The maximum Gasteiger partial charge on any atom is 0.201 e. The number of phenols is 2. The fraction of sp³-hybridized carbons (Fsp3) is 0.276. The molecule has 0 saturated heterocycles. The second-order valence-corrected chi connectivity index (χ2v) is 8.79. The van der Waals surface area contributed by atoms with Crippen LogP contribution in [0.25, 0.3) is 22.3 Å². The average molecular weight is 489 g/mol. The highest BCUT2D eigenvalue weighted by molar-refractivity contribution is 5.86.